The monoisotopic (exact) mass is 460 g/mol. The number of anilines is 2. The lowest BCUT2D eigenvalue weighted by Crippen LogP contribution is -2.20. The first-order valence-electron chi connectivity index (χ1n) is 9.52. The van der Waals surface area contributed by atoms with Crippen LogP contribution in [0.15, 0.2) is 54.6 Å². The van der Waals surface area contributed by atoms with Crippen molar-refractivity contribution < 1.29 is 37.0 Å². The third-order valence-corrected chi connectivity index (χ3v) is 4.44. The highest BCUT2D eigenvalue weighted by molar-refractivity contribution is 6.04. The van der Waals surface area contributed by atoms with Crippen LogP contribution in [-0.4, -0.2) is 32.6 Å². The van der Waals surface area contributed by atoms with Crippen LogP contribution in [0, 0.1) is 17.5 Å². The van der Waals surface area contributed by atoms with Crippen molar-refractivity contribution in [2.24, 2.45) is 0 Å². The molecule has 3 aromatic carbocycles. The van der Waals surface area contributed by atoms with Crippen LogP contribution in [0.2, 0.25) is 0 Å². The van der Waals surface area contributed by atoms with Crippen LogP contribution in [-0.2, 0) is 4.79 Å². The van der Waals surface area contributed by atoms with Gasteiger partial charge < -0.3 is 24.8 Å². The summed E-state index contributed by atoms with van der Waals surface area (Å²) in [5, 5.41) is 4.82. The van der Waals surface area contributed by atoms with E-state index in [1.165, 1.54) is 32.4 Å². The molecule has 0 unspecified atom stereocenters. The average molecular weight is 460 g/mol. The topological polar surface area (TPSA) is 85.9 Å². The summed E-state index contributed by atoms with van der Waals surface area (Å²) in [7, 11) is 2.86. The number of hydrogen-bond acceptors (Lipinski definition) is 5. The fourth-order valence-electron chi connectivity index (χ4n) is 2.76. The number of halogens is 3. The van der Waals surface area contributed by atoms with Crippen molar-refractivity contribution in [1.82, 2.24) is 0 Å². The summed E-state index contributed by atoms with van der Waals surface area (Å²) in [6, 6.07) is 12.3. The van der Waals surface area contributed by atoms with Gasteiger partial charge in [-0.15, -0.1) is 0 Å². The van der Waals surface area contributed by atoms with Crippen LogP contribution in [0.4, 0.5) is 24.5 Å². The maximum absolute atomic E-state index is 13.8. The van der Waals surface area contributed by atoms with E-state index in [4.69, 9.17) is 14.2 Å². The van der Waals surface area contributed by atoms with Gasteiger partial charge in [0.2, 0.25) is 0 Å². The van der Waals surface area contributed by atoms with Crippen LogP contribution in [0.1, 0.15) is 10.4 Å². The third kappa shape index (κ3) is 5.73. The molecule has 0 saturated carbocycles. The quantitative estimate of drug-likeness (QED) is 0.487. The zero-order valence-corrected chi connectivity index (χ0v) is 17.6. The van der Waals surface area contributed by atoms with Gasteiger partial charge in [-0.1, -0.05) is 0 Å². The molecule has 3 rings (SSSR count). The van der Waals surface area contributed by atoms with E-state index in [0.29, 0.717) is 17.5 Å². The summed E-state index contributed by atoms with van der Waals surface area (Å²) in [6.07, 6.45) is 0. The van der Waals surface area contributed by atoms with Gasteiger partial charge in [-0.2, -0.15) is 0 Å². The molecule has 0 aromatic heterocycles. The van der Waals surface area contributed by atoms with Crippen molar-refractivity contribution in [3.05, 3.63) is 77.6 Å². The summed E-state index contributed by atoms with van der Waals surface area (Å²) < 4.78 is 55.9. The maximum Gasteiger partial charge on any atom is 0.262 e. The second-order valence-electron chi connectivity index (χ2n) is 6.61. The van der Waals surface area contributed by atoms with Crippen LogP contribution in [0.25, 0.3) is 0 Å². The number of methoxy groups -OCH3 is 2. The Bertz CT molecular complexity index is 1170. The Labute approximate surface area is 187 Å². The van der Waals surface area contributed by atoms with Crippen LogP contribution in [0.3, 0.4) is 0 Å². The van der Waals surface area contributed by atoms with E-state index in [0.717, 1.165) is 6.07 Å². The fraction of sp³-hybridized carbons (Fsp3) is 0.130. The number of hydrogen-bond donors (Lipinski definition) is 2. The van der Waals surface area contributed by atoms with Gasteiger partial charge in [0.05, 0.1) is 19.9 Å². The van der Waals surface area contributed by atoms with E-state index in [1.807, 2.05) is 0 Å². The van der Waals surface area contributed by atoms with Gasteiger partial charge in [-0.05, 0) is 54.6 Å². The zero-order valence-electron chi connectivity index (χ0n) is 17.6. The second kappa shape index (κ2) is 10.4. The van der Waals surface area contributed by atoms with Gasteiger partial charge in [0, 0.05) is 11.3 Å². The minimum atomic E-state index is -1.69. The Morgan fingerprint density at radius 3 is 2.21 bits per heavy atom. The molecule has 2 N–H and O–H groups in total. The second-order valence-corrected chi connectivity index (χ2v) is 6.61. The minimum Gasteiger partial charge on any atom is -0.497 e. The summed E-state index contributed by atoms with van der Waals surface area (Å²) in [6.45, 7) is -0.339. The Morgan fingerprint density at radius 1 is 0.818 bits per heavy atom. The predicted molar refractivity (Wildman–Crippen MR) is 114 cm³/mol. The van der Waals surface area contributed by atoms with Crippen LogP contribution in [0.5, 0.6) is 17.2 Å². The molecule has 0 heterocycles. The Kier molecular flexibility index (Phi) is 7.39. The van der Waals surface area contributed by atoms with Crippen molar-refractivity contribution in [2.75, 3.05) is 31.5 Å². The Hall–Kier alpha value is -4.21. The van der Waals surface area contributed by atoms with Crippen LogP contribution >= 0.6 is 0 Å². The predicted octanol–water partition coefficient (Wildman–Crippen LogP) is 4.39. The molecule has 2 amide bonds. The molecule has 33 heavy (non-hydrogen) atoms. The molecule has 172 valence electrons. The number of carbonyl (C=O) groups excluding carboxylic acids is 2. The summed E-state index contributed by atoms with van der Waals surface area (Å²) in [5.74, 6) is -4.85. The molecule has 10 heteroatoms. The highest BCUT2D eigenvalue weighted by Crippen LogP contribution is 2.29. The van der Waals surface area contributed by atoms with Gasteiger partial charge in [0.1, 0.15) is 5.75 Å². The molecule has 0 atom stereocenters. The van der Waals surface area contributed by atoms with Gasteiger partial charge in [0.25, 0.3) is 11.8 Å². The van der Waals surface area contributed by atoms with Crippen molar-refractivity contribution >= 4 is 23.2 Å². The molecule has 0 aliphatic heterocycles. The Balaban J connectivity index is 1.64. The van der Waals surface area contributed by atoms with E-state index in [9.17, 15) is 22.8 Å². The van der Waals surface area contributed by atoms with E-state index < -0.39 is 35.0 Å². The zero-order chi connectivity index (χ0) is 24.0. The molecule has 0 bridgehead atoms. The first-order chi connectivity index (χ1) is 15.8. The first-order valence-corrected chi connectivity index (χ1v) is 9.52. The van der Waals surface area contributed by atoms with Crippen molar-refractivity contribution in [1.29, 1.82) is 0 Å². The minimum absolute atomic E-state index is 0.0333. The van der Waals surface area contributed by atoms with E-state index in [1.54, 1.807) is 24.3 Å². The summed E-state index contributed by atoms with van der Waals surface area (Å²) in [5.41, 5.74) is 0.0623. The molecule has 0 aliphatic rings. The van der Waals surface area contributed by atoms with Gasteiger partial charge in [0.15, 0.2) is 35.6 Å². The van der Waals surface area contributed by atoms with Gasteiger partial charge in [-0.3, -0.25) is 9.59 Å². The largest absolute Gasteiger partial charge is 0.497 e. The molecule has 0 fully saturated rings. The van der Waals surface area contributed by atoms with Crippen molar-refractivity contribution in [2.45, 2.75) is 0 Å². The highest BCUT2D eigenvalue weighted by atomic mass is 19.2. The smallest absolute Gasteiger partial charge is 0.262 e. The Morgan fingerprint density at radius 2 is 1.55 bits per heavy atom. The molecule has 0 radical (unpaired) electrons. The number of carbonyl (C=O) groups is 2. The lowest BCUT2D eigenvalue weighted by Gasteiger charge is -2.13. The average Bonchev–Trinajstić information content (AvgIpc) is 2.83. The maximum atomic E-state index is 13.8. The standard InChI is InChI=1S/C23H19F3N2O5/c1-31-15-6-4-14(5-7-15)27-20(29)12-33-18-10-3-13(11-19(18)32-2)23(30)28-17-9-8-16(24)21(25)22(17)26/h3-11H,12H2,1-2H3,(H,27,29)(H,28,30). The number of rotatable bonds is 8. The van der Waals surface area contributed by atoms with E-state index >= 15 is 0 Å². The molecule has 0 spiro atoms. The lowest BCUT2D eigenvalue weighted by molar-refractivity contribution is -0.118. The highest BCUT2D eigenvalue weighted by Gasteiger charge is 2.17. The van der Waals surface area contributed by atoms with E-state index in [2.05, 4.69) is 10.6 Å². The molecule has 3 aromatic rings. The van der Waals surface area contributed by atoms with Crippen molar-refractivity contribution in [3.8, 4) is 17.2 Å². The summed E-state index contributed by atoms with van der Waals surface area (Å²) >= 11 is 0. The molecule has 7 nitrogen and oxygen atoms in total. The molecular weight excluding hydrogens is 441 g/mol. The fourth-order valence-corrected chi connectivity index (χ4v) is 2.76. The number of ether oxygens (including phenoxy) is 3. The SMILES string of the molecule is COc1ccc(NC(=O)COc2ccc(C(=O)Nc3ccc(F)c(F)c3F)cc2OC)cc1. The van der Waals surface area contributed by atoms with Gasteiger partial charge in [-0.25, -0.2) is 13.2 Å². The van der Waals surface area contributed by atoms with Gasteiger partial charge >= 0.3 is 0 Å². The third-order valence-electron chi connectivity index (χ3n) is 4.44. The molecular formula is C23H19F3N2O5. The molecule has 0 saturated heterocycles. The number of nitrogens with one attached hydrogen (secondary N) is 2. The molecule has 0 aliphatic carbocycles. The number of amides is 2. The number of benzene rings is 3. The van der Waals surface area contributed by atoms with Crippen LogP contribution < -0.4 is 24.8 Å². The lowest BCUT2D eigenvalue weighted by atomic mass is 10.1. The van der Waals surface area contributed by atoms with Crippen molar-refractivity contribution in [3.63, 3.8) is 0 Å². The first kappa shape index (κ1) is 23.5. The van der Waals surface area contributed by atoms with E-state index in [-0.39, 0.29) is 23.7 Å². The summed E-state index contributed by atoms with van der Waals surface area (Å²) in [4.78, 5) is 24.5. The normalized spacial score (nSPS) is 10.3.